The molecule has 0 saturated heterocycles. The standard InChI is InChI=1S/C15H15NO5/c1-20-15(17)13-9-12(7-8-14(13)16(18)19)21-10-11-5-3-2-4-6-11/h2-9,16,18H,10H2,1H3. The van der Waals surface area contributed by atoms with Gasteiger partial charge < -0.3 is 14.7 Å². The van der Waals surface area contributed by atoms with E-state index < -0.39 is 11.2 Å². The van der Waals surface area contributed by atoms with Gasteiger partial charge in [0.2, 0.25) is 0 Å². The minimum absolute atomic E-state index is 0.0319. The molecule has 0 aliphatic rings. The Hall–Kier alpha value is -2.41. The number of hydrogen-bond acceptors (Lipinski definition) is 5. The van der Waals surface area contributed by atoms with Crippen LogP contribution in [-0.2, 0) is 11.3 Å². The lowest BCUT2D eigenvalue weighted by Crippen LogP contribution is -2.99. The molecule has 0 spiro atoms. The zero-order valence-corrected chi connectivity index (χ0v) is 11.4. The van der Waals surface area contributed by atoms with Crippen molar-refractivity contribution in [3.05, 3.63) is 64.9 Å². The van der Waals surface area contributed by atoms with Gasteiger partial charge in [0, 0.05) is 12.1 Å². The van der Waals surface area contributed by atoms with Crippen molar-refractivity contribution in [2.24, 2.45) is 0 Å². The second kappa shape index (κ2) is 6.85. The van der Waals surface area contributed by atoms with E-state index in [0.29, 0.717) is 12.4 Å². The van der Waals surface area contributed by atoms with Crippen LogP contribution in [0, 0.1) is 5.21 Å². The maximum Gasteiger partial charge on any atom is 0.344 e. The predicted molar refractivity (Wildman–Crippen MR) is 74.3 cm³/mol. The van der Waals surface area contributed by atoms with Crippen LogP contribution in [0.5, 0.6) is 5.75 Å². The smallest absolute Gasteiger partial charge is 0.344 e. The molecule has 1 atom stereocenters. The second-order valence-corrected chi connectivity index (χ2v) is 4.28. The summed E-state index contributed by atoms with van der Waals surface area (Å²) in [5.74, 6) is -0.304. The Bertz CT molecular complexity index is 613. The first-order valence-corrected chi connectivity index (χ1v) is 6.24. The van der Waals surface area contributed by atoms with Gasteiger partial charge in [0.25, 0.3) is 0 Å². The topological polar surface area (TPSA) is 83.3 Å². The highest BCUT2D eigenvalue weighted by Gasteiger charge is 2.18. The van der Waals surface area contributed by atoms with E-state index in [1.165, 1.54) is 25.3 Å². The lowest BCUT2D eigenvalue weighted by Gasteiger charge is -2.15. The van der Waals surface area contributed by atoms with E-state index in [1.807, 2.05) is 30.3 Å². The van der Waals surface area contributed by atoms with Crippen molar-refractivity contribution < 1.29 is 24.7 Å². The molecule has 0 radical (unpaired) electrons. The molecule has 0 aliphatic carbocycles. The lowest BCUT2D eigenvalue weighted by atomic mass is 10.1. The summed E-state index contributed by atoms with van der Waals surface area (Å²) in [5, 5.41) is 19.0. The number of rotatable bonds is 5. The van der Waals surface area contributed by atoms with Gasteiger partial charge in [-0.15, -0.1) is 0 Å². The zero-order valence-electron chi connectivity index (χ0n) is 11.4. The van der Waals surface area contributed by atoms with Crippen molar-refractivity contribution in [2.45, 2.75) is 6.61 Å². The quantitative estimate of drug-likeness (QED) is 0.643. The molecule has 2 rings (SSSR count). The fourth-order valence-corrected chi connectivity index (χ4v) is 1.82. The normalized spacial score (nSPS) is 11.8. The second-order valence-electron chi connectivity index (χ2n) is 4.28. The summed E-state index contributed by atoms with van der Waals surface area (Å²) in [6, 6.07) is 13.7. The van der Waals surface area contributed by atoms with Crippen molar-refractivity contribution in [3.63, 3.8) is 0 Å². The molecule has 6 heteroatoms. The fraction of sp³-hybridized carbons (Fsp3) is 0.133. The SMILES string of the molecule is COC(=O)c1cc(OCc2ccccc2)ccc1[NH+]([O-])O. The van der Waals surface area contributed by atoms with Gasteiger partial charge in [-0.3, -0.25) is 0 Å². The molecule has 0 aromatic heterocycles. The summed E-state index contributed by atoms with van der Waals surface area (Å²) in [4.78, 5) is 11.6. The van der Waals surface area contributed by atoms with E-state index in [-0.39, 0.29) is 11.3 Å². The van der Waals surface area contributed by atoms with E-state index in [2.05, 4.69) is 4.74 Å². The number of methoxy groups -OCH3 is 1. The van der Waals surface area contributed by atoms with Gasteiger partial charge in [-0.25, -0.2) is 10.0 Å². The molecule has 0 heterocycles. The summed E-state index contributed by atoms with van der Waals surface area (Å²) in [7, 11) is 1.20. The minimum atomic E-state index is -1.19. The number of carbonyl (C=O) groups excluding carboxylic acids is 1. The Morgan fingerprint density at radius 2 is 1.95 bits per heavy atom. The van der Waals surface area contributed by atoms with Crippen molar-refractivity contribution in [2.75, 3.05) is 7.11 Å². The van der Waals surface area contributed by atoms with Gasteiger partial charge in [0.1, 0.15) is 17.9 Å². The number of carbonyl (C=O) groups is 1. The first kappa shape index (κ1) is 15.0. The number of benzene rings is 2. The summed E-state index contributed by atoms with van der Waals surface area (Å²) in [6.45, 7) is 0.327. The fourth-order valence-electron chi connectivity index (χ4n) is 1.82. The van der Waals surface area contributed by atoms with Crippen LogP contribution in [-0.4, -0.2) is 18.3 Å². The molecule has 21 heavy (non-hydrogen) atoms. The molecule has 0 fully saturated rings. The summed E-state index contributed by atoms with van der Waals surface area (Å²) in [6.07, 6.45) is 0. The van der Waals surface area contributed by atoms with Crippen LogP contribution in [0.25, 0.3) is 0 Å². The largest absolute Gasteiger partial charge is 0.595 e. The van der Waals surface area contributed by atoms with E-state index in [0.717, 1.165) is 5.56 Å². The lowest BCUT2D eigenvalue weighted by molar-refractivity contribution is -0.991. The van der Waals surface area contributed by atoms with Gasteiger partial charge in [0.05, 0.1) is 7.11 Å². The van der Waals surface area contributed by atoms with E-state index in [4.69, 9.17) is 9.94 Å². The number of nitrogens with one attached hydrogen (secondary N) is 1. The minimum Gasteiger partial charge on any atom is -0.595 e. The molecular weight excluding hydrogens is 274 g/mol. The van der Waals surface area contributed by atoms with Crippen LogP contribution in [0.4, 0.5) is 5.69 Å². The molecular formula is C15H15NO5. The van der Waals surface area contributed by atoms with Gasteiger partial charge in [-0.2, -0.15) is 5.23 Å². The van der Waals surface area contributed by atoms with Crippen LogP contribution in [0.15, 0.2) is 48.5 Å². The number of esters is 1. The third-order valence-corrected chi connectivity index (χ3v) is 2.88. The summed E-state index contributed by atoms with van der Waals surface area (Å²) < 4.78 is 10.1. The van der Waals surface area contributed by atoms with Gasteiger partial charge >= 0.3 is 5.97 Å². The first-order chi connectivity index (χ1) is 10.1. The maximum absolute atomic E-state index is 11.6. The van der Waals surface area contributed by atoms with E-state index >= 15 is 0 Å². The van der Waals surface area contributed by atoms with Crippen LogP contribution < -0.4 is 9.96 Å². The first-order valence-electron chi connectivity index (χ1n) is 6.24. The molecule has 2 aromatic rings. The maximum atomic E-state index is 11.6. The molecule has 110 valence electrons. The number of ether oxygens (including phenoxy) is 2. The van der Waals surface area contributed by atoms with E-state index in [9.17, 15) is 10.0 Å². The van der Waals surface area contributed by atoms with Gasteiger partial charge in [0.15, 0.2) is 5.69 Å². The van der Waals surface area contributed by atoms with Crippen molar-refractivity contribution in [1.29, 1.82) is 0 Å². The van der Waals surface area contributed by atoms with Crippen LogP contribution >= 0.6 is 0 Å². The molecule has 6 nitrogen and oxygen atoms in total. The molecule has 1 unspecified atom stereocenters. The van der Waals surface area contributed by atoms with Crippen LogP contribution in [0.1, 0.15) is 15.9 Å². The molecule has 0 aliphatic heterocycles. The van der Waals surface area contributed by atoms with Crippen LogP contribution in [0.3, 0.4) is 0 Å². The average Bonchev–Trinajstić information content (AvgIpc) is 2.52. The van der Waals surface area contributed by atoms with Crippen molar-refractivity contribution in [1.82, 2.24) is 0 Å². The Kier molecular flexibility index (Phi) is 4.89. The predicted octanol–water partition coefficient (Wildman–Crippen LogP) is 1.46. The Morgan fingerprint density at radius 3 is 2.57 bits per heavy atom. The average molecular weight is 289 g/mol. The highest BCUT2D eigenvalue weighted by atomic mass is 16.8. The molecule has 0 amide bonds. The summed E-state index contributed by atoms with van der Waals surface area (Å²) >= 11 is 0. The summed E-state index contributed by atoms with van der Waals surface area (Å²) in [5.41, 5.74) is 0.823. The van der Waals surface area contributed by atoms with Crippen LogP contribution in [0.2, 0.25) is 0 Å². The molecule has 2 N–H and O–H groups in total. The highest BCUT2D eigenvalue weighted by Crippen LogP contribution is 2.21. The Morgan fingerprint density at radius 1 is 1.24 bits per heavy atom. The van der Waals surface area contributed by atoms with E-state index in [1.54, 1.807) is 0 Å². The van der Waals surface area contributed by atoms with Gasteiger partial charge in [-0.05, 0) is 11.6 Å². The zero-order chi connectivity index (χ0) is 15.2. The molecule has 0 saturated carbocycles. The highest BCUT2D eigenvalue weighted by molar-refractivity contribution is 5.94. The number of quaternary nitrogens is 1. The van der Waals surface area contributed by atoms with Crippen molar-refractivity contribution in [3.8, 4) is 5.75 Å². The number of hydrogen-bond donors (Lipinski definition) is 2. The van der Waals surface area contributed by atoms with Gasteiger partial charge in [-0.1, -0.05) is 30.3 Å². The monoisotopic (exact) mass is 289 g/mol. The molecule has 2 aromatic carbocycles. The van der Waals surface area contributed by atoms with Crippen molar-refractivity contribution >= 4 is 11.7 Å². The Labute approximate surface area is 121 Å². The third-order valence-electron chi connectivity index (χ3n) is 2.88. The molecule has 0 bridgehead atoms. The third kappa shape index (κ3) is 3.79. The Balaban J connectivity index is 2.19.